The van der Waals surface area contributed by atoms with Crippen molar-refractivity contribution >= 4 is 17.3 Å². The predicted octanol–water partition coefficient (Wildman–Crippen LogP) is 3.71. The molecule has 1 heterocycles. The number of nitrogens with two attached hydrogens (primary N) is 1. The molecule has 0 unspecified atom stereocenters. The number of aromatic nitrogens is 1. The predicted molar refractivity (Wildman–Crippen MR) is 89.6 cm³/mol. The van der Waals surface area contributed by atoms with E-state index in [9.17, 15) is 4.79 Å². The minimum atomic E-state index is -0.325. The summed E-state index contributed by atoms with van der Waals surface area (Å²) in [6.07, 6.45) is 1.45. The lowest BCUT2D eigenvalue weighted by Crippen LogP contribution is -2.14. The van der Waals surface area contributed by atoms with E-state index in [4.69, 9.17) is 10.5 Å². The number of carbonyl (C=O) groups excluding carboxylic acids is 1. The van der Waals surface area contributed by atoms with Crippen molar-refractivity contribution in [3.8, 4) is 11.5 Å². The summed E-state index contributed by atoms with van der Waals surface area (Å²) in [5.41, 5.74) is 6.94. The van der Waals surface area contributed by atoms with E-state index in [1.165, 1.54) is 6.20 Å². The van der Waals surface area contributed by atoms with Crippen LogP contribution in [0.3, 0.4) is 0 Å². The molecule has 0 radical (unpaired) electrons. The summed E-state index contributed by atoms with van der Waals surface area (Å²) in [4.78, 5) is 16.3. The molecule has 0 saturated carbocycles. The van der Waals surface area contributed by atoms with Crippen LogP contribution < -0.4 is 15.8 Å². The topological polar surface area (TPSA) is 77.2 Å². The van der Waals surface area contributed by atoms with Gasteiger partial charge in [-0.3, -0.25) is 4.79 Å². The van der Waals surface area contributed by atoms with Crippen LogP contribution in [0.5, 0.6) is 11.5 Å². The highest BCUT2D eigenvalue weighted by molar-refractivity contribution is 6.03. The molecule has 0 saturated heterocycles. The Balaban J connectivity index is 1.80. The third-order valence-corrected chi connectivity index (χ3v) is 3.13. The van der Waals surface area contributed by atoms with Crippen molar-refractivity contribution in [2.75, 3.05) is 11.1 Å². The van der Waals surface area contributed by atoms with E-state index in [-0.39, 0.29) is 11.6 Å². The number of nitrogens with one attached hydrogen (secondary N) is 1. The maximum Gasteiger partial charge on any atom is 0.274 e. The van der Waals surface area contributed by atoms with E-state index in [0.29, 0.717) is 22.9 Å². The number of amides is 1. The van der Waals surface area contributed by atoms with Crippen LogP contribution in [-0.2, 0) is 0 Å². The summed E-state index contributed by atoms with van der Waals surface area (Å²) in [7, 11) is 0. The van der Waals surface area contributed by atoms with Gasteiger partial charge in [-0.2, -0.15) is 0 Å². The Kier molecular flexibility index (Phi) is 4.20. The lowest BCUT2D eigenvalue weighted by molar-refractivity contribution is 0.102. The van der Waals surface area contributed by atoms with Crippen LogP contribution in [0.25, 0.3) is 0 Å². The number of hydrogen-bond donors (Lipinski definition) is 2. The van der Waals surface area contributed by atoms with Gasteiger partial charge in [0.15, 0.2) is 5.75 Å². The normalized spacial score (nSPS) is 10.1. The molecule has 5 heteroatoms. The van der Waals surface area contributed by atoms with Crippen molar-refractivity contribution < 1.29 is 9.53 Å². The number of nitrogen functional groups attached to an aromatic ring is 1. The van der Waals surface area contributed by atoms with Crippen LogP contribution in [0, 0.1) is 0 Å². The molecule has 3 rings (SSSR count). The Labute approximate surface area is 133 Å². The Hall–Kier alpha value is -3.34. The van der Waals surface area contributed by atoms with Gasteiger partial charge in [0.25, 0.3) is 5.91 Å². The third kappa shape index (κ3) is 3.65. The van der Waals surface area contributed by atoms with Crippen molar-refractivity contribution in [2.45, 2.75) is 0 Å². The van der Waals surface area contributed by atoms with Crippen molar-refractivity contribution in [3.05, 3.63) is 78.6 Å². The smallest absolute Gasteiger partial charge is 0.274 e. The summed E-state index contributed by atoms with van der Waals surface area (Å²) in [5.74, 6) is 0.927. The van der Waals surface area contributed by atoms with Crippen molar-refractivity contribution in [2.24, 2.45) is 0 Å². The number of benzene rings is 2. The number of anilines is 2. The zero-order valence-electron chi connectivity index (χ0n) is 12.3. The number of para-hydroxylation sites is 3. The van der Waals surface area contributed by atoms with E-state index in [2.05, 4.69) is 10.3 Å². The molecule has 5 nitrogen and oxygen atoms in total. The second-order valence-electron chi connectivity index (χ2n) is 4.84. The minimum Gasteiger partial charge on any atom is -0.455 e. The largest absolute Gasteiger partial charge is 0.455 e. The molecule has 0 atom stereocenters. The first-order chi connectivity index (χ1) is 11.2. The second-order valence-corrected chi connectivity index (χ2v) is 4.84. The standard InChI is InChI=1S/C18H15N3O2/c19-13-10-11-16(20-12-13)18(22)21-15-8-4-5-9-17(15)23-14-6-2-1-3-7-14/h1-12H,19H2,(H,21,22). The molecule has 0 aliphatic carbocycles. The second kappa shape index (κ2) is 6.62. The van der Waals surface area contributed by atoms with Gasteiger partial charge in [-0.25, -0.2) is 4.98 Å². The zero-order chi connectivity index (χ0) is 16.1. The van der Waals surface area contributed by atoms with Gasteiger partial charge in [0.2, 0.25) is 0 Å². The molecule has 0 aliphatic rings. The molecule has 3 aromatic rings. The van der Waals surface area contributed by atoms with Gasteiger partial charge >= 0.3 is 0 Å². The highest BCUT2D eigenvalue weighted by Gasteiger charge is 2.11. The zero-order valence-corrected chi connectivity index (χ0v) is 12.3. The minimum absolute atomic E-state index is 0.286. The fourth-order valence-corrected chi connectivity index (χ4v) is 2.00. The summed E-state index contributed by atoms with van der Waals surface area (Å²) in [5, 5.41) is 2.80. The summed E-state index contributed by atoms with van der Waals surface area (Å²) >= 11 is 0. The van der Waals surface area contributed by atoms with Gasteiger partial charge < -0.3 is 15.8 Å². The van der Waals surface area contributed by atoms with E-state index in [0.717, 1.165) is 0 Å². The van der Waals surface area contributed by atoms with Crippen LogP contribution in [0.1, 0.15) is 10.5 Å². The van der Waals surface area contributed by atoms with E-state index >= 15 is 0 Å². The third-order valence-electron chi connectivity index (χ3n) is 3.13. The fourth-order valence-electron chi connectivity index (χ4n) is 2.00. The lowest BCUT2D eigenvalue weighted by Gasteiger charge is -2.12. The van der Waals surface area contributed by atoms with Crippen molar-refractivity contribution in [1.82, 2.24) is 4.98 Å². The molecule has 1 amide bonds. The molecule has 2 aromatic carbocycles. The monoisotopic (exact) mass is 305 g/mol. The molecular weight excluding hydrogens is 290 g/mol. The van der Waals surface area contributed by atoms with Crippen LogP contribution >= 0.6 is 0 Å². The summed E-state index contributed by atoms with van der Waals surface area (Å²) in [6, 6.07) is 19.8. The highest BCUT2D eigenvalue weighted by atomic mass is 16.5. The summed E-state index contributed by atoms with van der Waals surface area (Å²) in [6.45, 7) is 0. The average molecular weight is 305 g/mol. The molecule has 114 valence electrons. The maximum absolute atomic E-state index is 12.3. The quantitative estimate of drug-likeness (QED) is 0.770. The Morgan fingerprint density at radius 1 is 0.957 bits per heavy atom. The van der Waals surface area contributed by atoms with Gasteiger partial charge in [-0.1, -0.05) is 30.3 Å². The molecule has 0 aliphatic heterocycles. The van der Waals surface area contributed by atoms with E-state index in [1.807, 2.05) is 42.5 Å². The van der Waals surface area contributed by atoms with Crippen LogP contribution in [-0.4, -0.2) is 10.9 Å². The van der Waals surface area contributed by atoms with E-state index < -0.39 is 0 Å². The molecule has 3 N–H and O–H groups in total. The van der Waals surface area contributed by atoms with Gasteiger partial charge in [-0.05, 0) is 36.4 Å². The molecule has 1 aromatic heterocycles. The first kappa shape index (κ1) is 14.6. The first-order valence-electron chi connectivity index (χ1n) is 7.07. The Bertz CT molecular complexity index is 802. The Morgan fingerprint density at radius 2 is 1.70 bits per heavy atom. The van der Waals surface area contributed by atoms with Gasteiger partial charge in [0.05, 0.1) is 17.6 Å². The molecule has 0 spiro atoms. The number of nitrogens with zero attached hydrogens (tertiary/aromatic N) is 1. The van der Waals surface area contributed by atoms with Gasteiger partial charge in [0, 0.05) is 0 Å². The number of carbonyl (C=O) groups is 1. The summed E-state index contributed by atoms with van der Waals surface area (Å²) < 4.78 is 5.81. The van der Waals surface area contributed by atoms with E-state index in [1.54, 1.807) is 24.3 Å². The number of rotatable bonds is 4. The number of hydrogen-bond acceptors (Lipinski definition) is 4. The maximum atomic E-state index is 12.3. The van der Waals surface area contributed by atoms with Gasteiger partial charge in [0.1, 0.15) is 11.4 Å². The SMILES string of the molecule is Nc1ccc(C(=O)Nc2ccccc2Oc2ccccc2)nc1. The van der Waals surface area contributed by atoms with Gasteiger partial charge in [-0.15, -0.1) is 0 Å². The van der Waals surface area contributed by atoms with Crippen molar-refractivity contribution in [1.29, 1.82) is 0 Å². The first-order valence-corrected chi connectivity index (χ1v) is 7.07. The highest BCUT2D eigenvalue weighted by Crippen LogP contribution is 2.29. The fraction of sp³-hybridized carbons (Fsp3) is 0. The lowest BCUT2D eigenvalue weighted by atomic mass is 10.2. The van der Waals surface area contributed by atoms with Crippen LogP contribution in [0.15, 0.2) is 72.9 Å². The van der Waals surface area contributed by atoms with Crippen LogP contribution in [0.2, 0.25) is 0 Å². The van der Waals surface area contributed by atoms with Crippen LogP contribution in [0.4, 0.5) is 11.4 Å². The molecule has 0 fully saturated rings. The molecule has 23 heavy (non-hydrogen) atoms. The molecule has 0 bridgehead atoms. The Morgan fingerprint density at radius 3 is 2.43 bits per heavy atom. The molecular formula is C18H15N3O2. The van der Waals surface area contributed by atoms with Crippen molar-refractivity contribution in [3.63, 3.8) is 0 Å². The average Bonchev–Trinajstić information content (AvgIpc) is 2.58. The number of ether oxygens (including phenoxy) is 1. The number of pyridine rings is 1.